The second-order valence-electron chi connectivity index (χ2n) is 6.65. The first-order valence-corrected chi connectivity index (χ1v) is 8.22. The smallest absolute Gasteiger partial charge is 0.225 e. The summed E-state index contributed by atoms with van der Waals surface area (Å²) in [7, 11) is 0. The lowest BCUT2D eigenvalue weighted by molar-refractivity contribution is 0.543. The molecule has 1 aromatic heterocycles. The SMILES string of the molecule is CCCNCc1cnc(N(CC(C)C)CC(C)C)nc1C. The van der Waals surface area contributed by atoms with Gasteiger partial charge < -0.3 is 10.2 Å². The second-order valence-corrected chi connectivity index (χ2v) is 6.65. The summed E-state index contributed by atoms with van der Waals surface area (Å²) in [5.41, 5.74) is 2.28. The summed E-state index contributed by atoms with van der Waals surface area (Å²) in [6, 6.07) is 0. The van der Waals surface area contributed by atoms with Crippen molar-refractivity contribution in [3.8, 4) is 0 Å². The van der Waals surface area contributed by atoms with Crippen molar-refractivity contribution in [2.75, 3.05) is 24.5 Å². The molecule has 1 aromatic rings. The van der Waals surface area contributed by atoms with Crippen LogP contribution in [0.5, 0.6) is 0 Å². The number of nitrogens with zero attached hydrogens (tertiary/aromatic N) is 3. The van der Waals surface area contributed by atoms with Gasteiger partial charge in [0.05, 0.1) is 0 Å². The highest BCUT2D eigenvalue weighted by atomic mass is 15.2. The van der Waals surface area contributed by atoms with E-state index in [-0.39, 0.29) is 0 Å². The van der Waals surface area contributed by atoms with Gasteiger partial charge >= 0.3 is 0 Å². The maximum atomic E-state index is 4.73. The lowest BCUT2D eigenvalue weighted by Gasteiger charge is -2.26. The summed E-state index contributed by atoms with van der Waals surface area (Å²) in [6.07, 6.45) is 3.13. The van der Waals surface area contributed by atoms with Gasteiger partial charge in [0.25, 0.3) is 0 Å². The number of hydrogen-bond donors (Lipinski definition) is 1. The van der Waals surface area contributed by atoms with Crippen LogP contribution < -0.4 is 10.2 Å². The standard InChI is InChI=1S/C17H32N4/c1-7-8-18-9-16-10-19-17(20-15(16)6)21(11-13(2)3)12-14(4)5/h10,13-14,18H,7-9,11-12H2,1-6H3. The minimum Gasteiger partial charge on any atom is -0.340 e. The van der Waals surface area contributed by atoms with Gasteiger partial charge in [-0.3, -0.25) is 0 Å². The van der Waals surface area contributed by atoms with Crippen LogP contribution in [-0.4, -0.2) is 29.6 Å². The molecule has 1 rings (SSSR count). The van der Waals surface area contributed by atoms with Crippen LogP contribution in [0.15, 0.2) is 6.20 Å². The third-order valence-corrected chi connectivity index (χ3v) is 3.26. The Labute approximate surface area is 130 Å². The first-order valence-electron chi connectivity index (χ1n) is 8.22. The highest BCUT2D eigenvalue weighted by Crippen LogP contribution is 2.15. The Hall–Kier alpha value is -1.16. The molecule has 0 atom stereocenters. The number of anilines is 1. The van der Waals surface area contributed by atoms with E-state index >= 15 is 0 Å². The van der Waals surface area contributed by atoms with E-state index in [0.717, 1.165) is 44.2 Å². The molecule has 0 radical (unpaired) electrons. The van der Waals surface area contributed by atoms with E-state index in [2.05, 4.69) is 56.7 Å². The number of rotatable bonds is 9. The Morgan fingerprint density at radius 3 is 2.24 bits per heavy atom. The molecule has 4 heteroatoms. The predicted molar refractivity (Wildman–Crippen MR) is 90.7 cm³/mol. The number of aromatic nitrogens is 2. The molecule has 0 unspecified atom stereocenters. The van der Waals surface area contributed by atoms with Gasteiger partial charge in [0, 0.05) is 37.1 Å². The van der Waals surface area contributed by atoms with E-state index in [9.17, 15) is 0 Å². The maximum Gasteiger partial charge on any atom is 0.225 e. The summed E-state index contributed by atoms with van der Waals surface area (Å²) in [6.45, 7) is 17.1. The molecular formula is C17H32N4. The average molecular weight is 292 g/mol. The zero-order valence-electron chi connectivity index (χ0n) is 14.6. The van der Waals surface area contributed by atoms with Crippen molar-refractivity contribution in [3.63, 3.8) is 0 Å². The van der Waals surface area contributed by atoms with Crippen molar-refractivity contribution in [1.82, 2.24) is 15.3 Å². The van der Waals surface area contributed by atoms with Crippen molar-refractivity contribution in [1.29, 1.82) is 0 Å². The van der Waals surface area contributed by atoms with Crippen molar-refractivity contribution in [3.05, 3.63) is 17.5 Å². The highest BCUT2D eigenvalue weighted by Gasteiger charge is 2.14. The van der Waals surface area contributed by atoms with Gasteiger partial charge in [-0.1, -0.05) is 34.6 Å². The molecule has 0 bridgehead atoms. The summed E-state index contributed by atoms with van der Waals surface area (Å²) in [5.74, 6) is 2.09. The molecule has 1 N–H and O–H groups in total. The maximum absolute atomic E-state index is 4.73. The van der Waals surface area contributed by atoms with E-state index in [1.807, 2.05) is 6.20 Å². The van der Waals surface area contributed by atoms with E-state index in [1.54, 1.807) is 0 Å². The van der Waals surface area contributed by atoms with Crippen LogP contribution in [0.25, 0.3) is 0 Å². The molecular weight excluding hydrogens is 260 g/mol. The third kappa shape index (κ3) is 6.42. The van der Waals surface area contributed by atoms with Crippen molar-refractivity contribution in [2.24, 2.45) is 11.8 Å². The number of aryl methyl sites for hydroxylation is 1. The van der Waals surface area contributed by atoms with Crippen LogP contribution in [0.3, 0.4) is 0 Å². The van der Waals surface area contributed by atoms with Crippen LogP contribution in [0, 0.1) is 18.8 Å². The fourth-order valence-electron chi connectivity index (χ4n) is 2.32. The van der Waals surface area contributed by atoms with Crippen LogP contribution in [0.1, 0.15) is 52.3 Å². The normalized spacial score (nSPS) is 11.4. The second kappa shape index (κ2) is 8.98. The highest BCUT2D eigenvalue weighted by molar-refractivity contribution is 5.33. The molecule has 4 nitrogen and oxygen atoms in total. The Bertz CT molecular complexity index is 405. The molecule has 0 aliphatic rings. The summed E-state index contributed by atoms with van der Waals surface area (Å²) in [4.78, 5) is 11.6. The van der Waals surface area contributed by atoms with Crippen molar-refractivity contribution in [2.45, 2.75) is 54.5 Å². The van der Waals surface area contributed by atoms with Gasteiger partial charge in [0.1, 0.15) is 0 Å². The van der Waals surface area contributed by atoms with Crippen LogP contribution in [-0.2, 0) is 6.54 Å². The molecule has 0 amide bonds. The summed E-state index contributed by atoms with van der Waals surface area (Å²) >= 11 is 0. The topological polar surface area (TPSA) is 41.1 Å². The van der Waals surface area contributed by atoms with Gasteiger partial charge in [-0.2, -0.15) is 0 Å². The van der Waals surface area contributed by atoms with E-state index < -0.39 is 0 Å². The van der Waals surface area contributed by atoms with Crippen molar-refractivity contribution >= 4 is 5.95 Å². The number of hydrogen-bond acceptors (Lipinski definition) is 4. The van der Waals surface area contributed by atoms with Crippen LogP contribution in [0.2, 0.25) is 0 Å². The van der Waals surface area contributed by atoms with Gasteiger partial charge in [-0.15, -0.1) is 0 Å². The summed E-state index contributed by atoms with van der Waals surface area (Å²) in [5, 5.41) is 3.41. The predicted octanol–water partition coefficient (Wildman–Crippen LogP) is 3.40. The van der Waals surface area contributed by atoms with Crippen LogP contribution >= 0.6 is 0 Å². The van der Waals surface area contributed by atoms with E-state index in [0.29, 0.717) is 11.8 Å². The Kier molecular flexibility index (Phi) is 7.65. The Morgan fingerprint density at radius 1 is 1.14 bits per heavy atom. The molecule has 120 valence electrons. The fraction of sp³-hybridized carbons (Fsp3) is 0.765. The quantitative estimate of drug-likeness (QED) is 0.708. The molecule has 0 saturated carbocycles. The first kappa shape index (κ1) is 17.9. The van der Waals surface area contributed by atoms with Gasteiger partial charge in [-0.05, 0) is 31.7 Å². The molecule has 21 heavy (non-hydrogen) atoms. The lowest BCUT2D eigenvalue weighted by atomic mass is 10.1. The van der Waals surface area contributed by atoms with Crippen LogP contribution in [0.4, 0.5) is 5.95 Å². The minimum absolute atomic E-state index is 0.610. The molecule has 0 fully saturated rings. The molecule has 0 saturated heterocycles. The minimum atomic E-state index is 0.610. The van der Waals surface area contributed by atoms with E-state index in [4.69, 9.17) is 4.98 Å². The third-order valence-electron chi connectivity index (χ3n) is 3.26. The van der Waals surface area contributed by atoms with Gasteiger partial charge in [0.2, 0.25) is 5.95 Å². The van der Waals surface area contributed by atoms with Gasteiger partial charge in [0.15, 0.2) is 0 Å². The molecule has 0 spiro atoms. The summed E-state index contributed by atoms with van der Waals surface area (Å²) < 4.78 is 0. The Balaban J connectivity index is 2.81. The average Bonchev–Trinajstić information content (AvgIpc) is 2.39. The molecule has 0 aliphatic carbocycles. The zero-order chi connectivity index (χ0) is 15.8. The largest absolute Gasteiger partial charge is 0.340 e. The molecule has 1 heterocycles. The van der Waals surface area contributed by atoms with E-state index in [1.165, 1.54) is 5.56 Å². The number of nitrogens with one attached hydrogen (secondary N) is 1. The lowest BCUT2D eigenvalue weighted by Crippen LogP contribution is -2.33. The molecule has 0 aromatic carbocycles. The first-order chi connectivity index (χ1) is 9.93. The monoisotopic (exact) mass is 292 g/mol. The zero-order valence-corrected chi connectivity index (χ0v) is 14.6. The Morgan fingerprint density at radius 2 is 1.76 bits per heavy atom. The van der Waals surface area contributed by atoms with Gasteiger partial charge in [-0.25, -0.2) is 9.97 Å². The van der Waals surface area contributed by atoms with Crippen molar-refractivity contribution < 1.29 is 0 Å². The molecule has 0 aliphatic heterocycles. The fourth-order valence-corrected chi connectivity index (χ4v) is 2.32.